The van der Waals surface area contributed by atoms with Crippen LogP contribution in [-0.2, 0) is 11.8 Å². The topological polar surface area (TPSA) is 76.2 Å². The summed E-state index contributed by atoms with van der Waals surface area (Å²) >= 11 is 0. The van der Waals surface area contributed by atoms with Crippen LogP contribution in [0.15, 0.2) is 0 Å². The van der Waals surface area contributed by atoms with E-state index in [1.165, 1.54) is 6.42 Å². The number of rotatable bonds is 5. The van der Waals surface area contributed by atoms with Gasteiger partial charge in [0.15, 0.2) is 0 Å². The smallest absolute Gasteiger partial charge is 0.238 e. The predicted molar refractivity (Wildman–Crippen MR) is 84.1 cm³/mol. The number of aryl methyl sites for hydroxylation is 2. The van der Waals surface area contributed by atoms with Crippen LogP contribution >= 0.6 is 0 Å². The van der Waals surface area contributed by atoms with Crippen LogP contribution in [0, 0.1) is 19.8 Å². The van der Waals surface area contributed by atoms with Crippen molar-refractivity contribution < 1.29 is 4.79 Å². The molecule has 1 unspecified atom stereocenters. The fourth-order valence-corrected chi connectivity index (χ4v) is 3.10. The minimum absolute atomic E-state index is 0.0441. The number of nitrogens with one attached hydrogen (secondary N) is 1. The molecule has 2 rings (SSSR count). The predicted octanol–water partition coefficient (Wildman–Crippen LogP) is 1.04. The molecule has 1 aliphatic rings. The van der Waals surface area contributed by atoms with Gasteiger partial charge in [-0.3, -0.25) is 14.4 Å². The van der Waals surface area contributed by atoms with Crippen LogP contribution in [0.1, 0.15) is 30.7 Å². The number of nitrogens with two attached hydrogens (primary N) is 1. The van der Waals surface area contributed by atoms with Gasteiger partial charge in [0.1, 0.15) is 0 Å². The summed E-state index contributed by atoms with van der Waals surface area (Å²) in [4.78, 5) is 14.5. The Morgan fingerprint density at radius 2 is 2.24 bits per heavy atom. The highest BCUT2D eigenvalue weighted by molar-refractivity contribution is 5.93. The molecule has 0 spiro atoms. The fourth-order valence-electron chi connectivity index (χ4n) is 3.10. The van der Waals surface area contributed by atoms with E-state index in [-0.39, 0.29) is 5.91 Å². The molecule has 1 atom stereocenters. The number of nitrogens with zero attached hydrogens (tertiary/aromatic N) is 3. The molecule has 1 amide bonds. The molecule has 0 saturated carbocycles. The summed E-state index contributed by atoms with van der Waals surface area (Å²) in [5.74, 6) is 0.681. The quantitative estimate of drug-likeness (QED) is 0.850. The van der Waals surface area contributed by atoms with Crippen LogP contribution in [0.3, 0.4) is 0 Å². The number of carbonyl (C=O) groups excluding carboxylic acids is 1. The molecule has 1 aliphatic heterocycles. The lowest BCUT2D eigenvalue weighted by Crippen LogP contribution is -2.41. The van der Waals surface area contributed by atoms with E-state index in [0.29, 0.717) is 12.5 Å². The molecule has 1 fully saturated rings. The van der Waals surface area contributed by atoms with E-state index in [4.69, 9.17) is 5.73 Å². The Bertz CT molecular complexity index is 494. The van der Waals surface area contributed by atoms with Crippen molar-refractivity contribution in [1.82, 2.24) is 14.7 Å². The van der Waals surface area contributed by atoms with E-state index < -0.39 is 0 Å². The van der Waals surface area contributed by atoms with Crippen molar-refractivity contribution in [2.45, 2.75) is 33.1 Å². The minimum Gasteiger partial charge on any atom is -0.330 e. The zero-order valence-electron chi connectivity index (χ0n) is 13.4. The monoisotopic (exact) mass is 293 g/mol. The Morgan fingerprint density at radius 3 is 2.86 bits per heavy atom. The highest BCUT2D eigenvalue weighted by Crippen LogP contribution is 2.20. The molecule has 2 heterocycles. The molecule has 0 radical (unpaired) electrons. The molecular weight excluding hydrogens is 266 g/mol. The lowest BCUT2D eigenvalue weighted by molar-refractivity contribution is -0.117. The molecule has 1 aromatic rings. The van der Waals surface area contributed by atoms with E-state index in [1.807, 2.05) is 20.9 Å². The van der Waals surface area contributed by atoms with E-state index in [9.17, 15) is 4.79 Å². The summed E-state index contributed by atoms with van der Waals surface area (Å²) in [7, 11) is 1.89. The Morgan fingerprint density at radius 1 is 1.48 bits per heavy atom. The summed E-state index contributed by atoms with van der Waals surface area (Å²) in [6.07, 6.45) is 3.44. The van der Waals surface area contributed by atoms with E-state index in [2.05, 4.69) is 15.3 Å². The second kappa shape index (κ2) is 7.04. The van der Waals surface area contributed by atoms with E-state index in [0.717, 1.165) is 49.6 Å². The first kappa shape index (κ1) is 16.0. The standard InChI is InChI=1S/C15H27N5O/c1-11-15(12(2)19(3)18-11)17-14(21)10-20-8-4-5-13(9-20)6-7-16/h13H,4-10,16H2,1-3H3,(H,17,21). The third kappa shape index (κ3) is 4.04. The Kier molecular flexibility index (Phi) is 5.36. The van der Waals surface area contributed by atoms with Gasteiger partial charge in [-0.25, -0.2) is 0 Å². The molecular formula is C15H27N5O. The second-order valence-electron chi connectivity index (χ2n) is 6.04. The van der Waals surface area contributed by atoms with Gasteiger partial charge in [-0.1, -0.05) is 0 Å². The third-order valence-corrected chi connectivity index (χ3v) is 4.32. The van der Waals surface area contributed by atoms with Gasteiger partial charge in [0.25, 0.3) is 0 Å². The van der Waals surface area contributed by atoms with E-state index >= 15 is 0 Å². The van der Waals surface area contributed by atoms with Crippen LogP contribution in [0.5, 0.6) is 0 Å². The van der Waals surface area contributed by atoms with Crippen LogP contribution in [0.2, 0.25) is 0 Å². The summed E-state index contributed by atoms with van der Waals surface area (Å²) in [5, 5.41) is 7.33. The molecule has 6 nitrogen and oxygen atoms in total. The molecule has 0 bridgehead atoms. The normalized spacial score (nSPS) is 19.7. The van der Waals surface area contributed by atoms with Crippen LogP contribution < -0.4 is 11.1 Å². The van der Waals surface area contributed by atoms with Crippen molar-refractivity contribution in [3.63, 3.8) is 0 Å². The van der Waals surface area contributed by atoms with Gasteiger partial charge in [-0.2, -0.15) is 5.10 Å². The van der Waals surface area contributed by atoms with Gasteiger partial charge < -0.3 is 11.1 Å². The van der Waals surface area contributed by atoms with Crippen molar-refractivity contribution in [3.8, 4) is 0 Å². The number of hydrogen-bond donors (Lipinski definition) is 2. The molecule has 1 saturated heterocycles. The molecule has 21 heavy (non-hydrogen) atoms. The zero-order valence-corrected chi connectivity index (χ0v) is 13.4. The highest BCUT2D eigenvalue weighted by Gasteiger charge is 2.21. The maximum atomic E-state index is 12.2. The van der Waals surface area contributed by atoms with Crippen molar-refractivity contribution in [3.05, 3.63) is 11.4 Å². The minimum atomic E-state index is 0.0441. The SMILES string of the molecule is Cc1nn(C)c(C)c1NC(=O)CN1CCCC(CCN)C1. The molecule has 0 aromatic carbocycles. The molecule has 0 aliphatic carbocycles. The van der Waals surface area contributed by atoms with Crippen molar-refractivity contribution >= 4 is 11.6 Å². The van der Waals surface area contributed by atoms with Crippen molar-refractivity contribution in [2.24, 2.45) is 18.7 Å². The van der Waals surface area contributed by atoms with Gasteiger partial charge in [-0.15, -0.1) is 0 Å². The number of anilines is 1. The molecule has 1 aromatic heterocycles. The van der Waals surface area contributed by atoms with Crippen molar-refractivity contribution in [1.29, 1.82) is 0 Å². The lowest BCUT2D eigenvalue weighted by Gasteiger charge is -2.32. The van der Waals surface area contributed by atoms with Gasteiger partial charge >= 0.3 is 0 Å². The summed E-state index contributed by atoms with van der Waals surface area (Å²) in [6, 6.07) is 0. The highest BCUT2D eigenvalue weighted by atomic mass is 16.2. The summed E-state index contributed by atoms with van der Waals surface area (Å²) in [5.41, 5.74) is 8.33. The number of aromatic nitrogens is 2. The van der Waals surface area contributed by atoms with E-state index in [1.54, 1.807) is 4.68 Å². The fraction of sp³-hybridized carbons (Fsp3) is 0.733. The van der Waals surface area contributed by atoms with Gasteiger partial charge in [0.05, 0.1) is 23.6 Å². The first-order chi connectivity index (χ1) is 10.0. The number of piperidine rings is 1. The summed E-state index contributed by atoms with van der Waals surface area (Å²) < 4.78 is 1.79. The van der Waals surface area contributed by atoms with Crippen molar-refractivity contribution in [2.75, 3.05) is 31.5 Å². The van der Waals surface area contributed by atoms with Gasteiger partial charge in [0, 0.05) is 13.6 Å². The first-order valence-corrected chi connectivity index (χ1v) is 7.73. The first-order valence-electron chi connectivity index (χ1n) is 7.73. The molecule has 3 N–H and O–H groups in total. The summed E-state index contributed by atoms with van der Waals surface area (Å²) in [6.45, 7) is 7.05. The average molecular weight is 293 g/mol. The number of hydrogen-bond acceptors (Lipinski definition) is 4. The maximum Gasteiger partial charge on any atom is 0.238 e. The Labute approximate surface area is 126 Å². The lowest BCUT2D eigenvalue weighted by atomic mass is 9.95. The number of amides is 1. The largest absolute Gasteiger partial charge is 0.330 e. The van der Waals surface area contributed by atoms with Crippen LogP contribution in [0.4, 0.5) is 5.69 Å². The number of carbonyl (C=O) groups is 1. The Hall–Kier alpha value is -1.40. The number of likely N-dealkylation sites (tertiary alicyclic amines) is 1. The maximum absolute atomic E-state index is 12.2. The second-order valence-corrected chi connectivity index (χ2v) is 6.04. The van der Waals surface area contributed by atoms with Gasteiger partial charge in [-0.05, 0) is 52.1 Å². The van der Waals surface area contributed by atoms with Crippen LogP contribution in [-0.4, -0.2) is 46.8 Å². The Balaban J connectivity index is 1.89. The van der Waals surface area contributed by atoms with Crippen LogP contribution in [0.25, 0.3) is 0 Å². The van der Waals surface area contributed by atoms with Gasteiger partial charge in [0.2, 0.25) is 5.91 Å². The average Bonchev–Trinajstić information content (AvgIpc) is 2.66. The third-order valence-electron chi connectivity index (χ3n) is 4.32. The molecule has 6 heteroatoms. The molecule has 118 valence electrons. The zero-order chi connectivity index (χ0) is 15.4.